The summed E-state index contributed by atoms with van der Waals surface area (Å²) in [5.41, 5.74) is -0.413. The molecule has 0 radical (unpaired) electrons. The molecule has 0 bridgehead atoms. The third kappa shape index (κ3) is 3.43. The standard InChI is InChI=1S/C29H42Br2O5/c1-15-8-11-28(34-14-15)16(2)23-22(36-28)13-21-20-7-6-18-12-19(35-17(3)32)9-10-26(18,4)24(20)29(30,31)25(33)27(21,23)5/h15-16,18-24H,6-14H2,1-5H3/t15-,16-,18-,19+,20+,21-,22-,23+,24-,26-,27-,28+/m0/s1. The second-order valence-electron chi connectivity index (χ2n) is 13.7. The van der Waals surface area contributed by atoms with Crippen LogP contribution in [0.1, 0.15) is 86.0 Å². The van der Waals surface area contributed by atoms with Crippen LogP contribution in [0.4, 0.5) is 0 Å². The Labute approximate surface area is 232 Å². The van der Waals surface area contributed by atoms with Crippen molar-refractivity contribution < 1.29 is 23.8 Å². The van der Waals surface area contributed by atoms with Gasteiger partial charge in [-0.05, 0) is 80.0 Å². The van der Waals surface area contributed by atoms with Gasteiger partial charge < -0.3 is 14.2 Å². The van der Waals surface area contributed by atoms with E-state index in [0.29, 0.717) is 29.5 Å². The Hall–Kier alpha value is 0.0200. The summed E-state index contributed by atoms with van der Waals surface area (Å²) in [5.74, 6) is 2.03. The maximum Gasteiger partial charge on any atom is 0.302 e. The van der Waals surface area contributed by atoms with E-state index >= 15 is 0 Å². The number of esters is 1. The number of carbonyl (C=O) groups is 2. The minimum Gasteiger partial charge on any atom is -0.463 e. The second kappa shape index (κ2) is 8.51. The number of ether oxygens (including phenoxy) is 3. The molecule has 0 N–H and O–H groups in total. The highest BCUT2D eigenvalue weighted by molar-refractivity contribution is 9.26. The van der Waals surface area contributed by atoms with E-state index in [9.17, 15) is 9.59 Å². The lowest BCUT2D eigenvalue weighted by atomic mass is 9.44. The number of fused-ring (bicyclic) bond motifs is 7. The van der Waals surface area contributed by atoms with Gasteiger partial charge in [-0.1, -0.05) is 59.6 Å². The molecule has 0 amide bonds. The number of hydrogen-bond donors (Lipinski definition) is 0. The lowest BCUT2D eigenvalue weighted by Crippen LogP contribution is -2.66. The van der Waals surface area contributed by atoms with Gasteiger partial charge in [0.05, 0.1) is 12.7 Å². The molecule has 6 aliphatic rings. The average Bonchev–Trinajstić information content (AvgIpc) is 3.25. The fraction of sp³-hybridized carbons (Fsp3) is 0.931. The normalized spacial score (nSPS) is 55.4. The van der Waals surface area contributed by atoms with Crippen molar-refractivity contribution in [2.75, 3.05) is 6.61 Å². The van der Waals surface area contributed by atoms with Crippen LogP contribution in [0.3, 0.4) is 0 Å². The summed E-state index contributed by atoms with van der Waals surface area (Å²) in [6.45, 7) is 11.5. The number of alkyl halides is 2. The molecular formula is C29H42Br2O5. The zero-order valence-electron chi connectivity index (χ0n) is 22.4. The molecule has 36 heavy (non-hydrogen) atoms. The van der Waals surface area contributed by atoms with Crippen LogP contribution in [0, 0.1) is 52.3 Å². The van der Waals surface area contributed by atoms with E-state index in [-0.39, 0.29) is 41.3 Å². The van der Waals surface area contributed by atoms with Crippen LogP contribution in [-0.4, -0.2) is 39.6 Å². The Morgan fingerprint density at radius 3 is 2.47 bits per heavy atom. The molecule has 0 aromatic heterocycles. The van der Waals surface area contributed by atoms with E-state index in [0.717, 1.165) is 58.0 Å². The number of hydrogen-bond acceptors (Lipinski definition) is 5. The maximum atomic E-state index is 14.7. The van der Waals surface area contributed by atoms with Gasteiger partial charge in [0, 0.05) is 30.6 Å². The highest BCUT2D eigenvalue weighted by Crippen LogP contribution is 2.74. The van der Waals surface area contributed by atoms with Gasteiger partial charge in [-0.3, -0.25) is 9.59 Å². The van der Waals surface area contributed by atoms with Gasteiger partial charge in [-0.15, -0.1) is 0 Å². The minimum absolute atomic E-state index is 0.0104. The van der Waals surface area contributed by atoms with Crippen LogP contribution in [-0.2, 0) is 23.8 Å². The maximum absolute atomic E-state index is 14.7. The fourth-order valence-corrected chi connectivity index (χ4v) is 13.0. The third-order valence-electron chi connectivity index (χ3n) is 12.0. The van der Waals surface area contributed by atoms with Crippen LogP contribution in [0.25, 0.3) is 0 Å². The van der Waals surface area contributed by atoms with Crippen molar-refractivity contribution in [3.8, 4) is 0 Å². The number of Topliss-reactive ketones (excluding diaryl/α,β-unsaturated/α-hetero) is 1. The topological polar surface area (TPSA) is 61.8 Å². The van der Waals surface area contributed by atoms with E-state index in [1.165, 1.54) is 6.92 Å². The van der Waals surface area contributed by atoms with Gasteiger partial charge in [-0.25, -0.2) is 0 Å². The molecule has 4 saturated carbocycles. The summed E-state index contributed by atoms with van der Waals surface area (Å²) in [7, 11) is 0. The van der Waals surface area contributed by atoms with Gasteiger partial charge in [0.15, 0.2) is 11.6 Å². The first-order chi connectivity index (χ1) is 16.8. The predicted octanol–water partition coefficient (Wildman–Crippen LogP) is 6.64. The first-order valence-corrected chi connectivity index (χ1v) is 15.8. The molecule has 6 rings (SSSR count). The fourth-order valence-electron chi connectivity index (χ4n) is 10.4. The zero-order valence-corrected chi connectivity index (χ0v) is 25.5. The molecular weight excluding hydrogens is 588 g/mol. The number of rotatable bonds is 1. The molecule has 2 heterocycles. The highest BCUT2D eigenvalue weighted by atomic mass is 79.9. The molecule has 0 aromatic rings. The Bertz CT molecular complexity index is 944. The Morgan fingerprint density at radius 1 is 1.06 bits per heavy atom. The average molecular weight is 630 g/mol. The van der Waals surface area contributed by atoms with Gasteiger partial charge >= 0.3 is 5.97 Å². The molecule has 6 fully saturated rings. The molecule has 2 saturated heterocycles. The van der Waals surface area contributed by atoms with Crippen LogP contribution in [0.15, 0.2) is 0 Å². The smallest absolute Gasteiger partial charge is 0.302 e. The monoisotopic (exact) mass is 628 g/mol. The van der Waals surface area contributed by atoms with Crippen molar-refractivity contribution in [1.82, 2.24) is 0 Å². The molecule has 0 unspecified atom stereocenters. The molecule has 12 atom stereocenters. The first kappa shape index (κ1) is 26.3. The quantitative estimate of drug-likeness (QED) is 0.240. The lowest BCUT2D eigenvalue weighted by Gasteiger charge is -2.64. The second-order valence-corrected chi connectivity index (χ2v) is 17.3. The summed E-state index contributed by atoms with van der Waals surface area (Å²) in [6.07, 6.45) is 8.16. The number of ketones is 1. The molecule has 202 valence electrons. The molecule has 1 spiro atoms. The molecule has 4 aliphatic carbocycles. The largest absolute Gasteiger partial charge is 0.463 e. The van der Waals surface area contributed by atoms with Crippen molar-refractivity contribution in [1.29, 1.82) is 0 Å². The summed E-state index contributed by atoms with van der Waals surface area (Å²) in [6, 6.07) is 0. The van der Waals surface area contributed by atoms with E-state index in [2.05, 4.69) is 59.6 Å². The Balaban J connectivity index is 1.32. The van der Waals surface area contributed by atoms with E-state index in [1.54, 1.807) is 0 Å². The first-order valence-electron chi connectivity index (χ1n) is 14.3. The van der Waals surface area contributed by atoms with E-state index < -0.39 is 14.4 Å². The van der Waals surface area contributed by atoms with Gasteiger partial charge in [0.25, 0.3) is 0 Å². The summed E-state index contributed by atoms with van der Waals surface area (Å²) < 4.78 is 18.2. The zero-order chi connectivity index (χ0) is 25.8. The van der Waals surface area contributed by atoms with Crippen molar-refractivity contribution in [2.45, 2.75) is 107 Å². The van der Waals surface area contributed by atoms with Crippen molar-refractivity contribution in [2.24, 2.45) is 52.3 Å². The molecule has 7 heteroatoms. The summed E-state index contributed by atoms with van der Waals surface area (Å²) in [4.78, 5) is 26.3. The van der Waals surface area contributed by atoms with Crippen LogP contribution < -0.4 is 0 Å². The highest BCUT2D eigenvalue weighted by Gasteiger charge is 2.76. The molecule has 5 nitrogen and oxygen atoms in total. The Morgan fingerprint density at radius 2 is 1.81 bits per heavy atom. The number of halogens is 2. The van der Waals surface area contributed by atoms with Gasteiger partial charge in [0.1, 0.15) is 9.34 Å². The van der Waals surface area contributed by atoms with Gasteiger partial charge in [0.2, 0.25) is 0 Å². The van der Waals surface area contributed by atoms with Crippen LogP contribution in [0.2, 0.25) is 0 Å². The SMILES string of the molecule is CC(=O)O[C@@H]1CC[C@@]2(C)[C@@H](CC[C@H]3[C@@H]2C(Br)(Br)C(=O)[C@]2(C)[C@H]4[C@H](C[C@@H]32)O[C@]2(CC[C@H](C)CO2)[C@H]4C)C1. The van der Waals surface area contributed by atoms with E-state index in [1.807, 2.05) is 0 Å². The third-order valence-corrected chi connectivity index (χ3v) is 13.7. The van der Waals surface area contributed by atoms with Crippen molar-refractivity contribution >= 4 is 43.6 Å². The lowest BCUT2D eigenvalue weighted by molar-refractivity contribution is -0.272. The van der Waals surface area contributed by atoms with Crippen molar-refractivity contribution in [3.05, 3.63) is 0 Å². The molecule has 2 aliphatic heterocycles. The van der Waals surface area contributed by atoms with E-state index in [4.69, 9.17) is 14.2 Å². The predicted molar refractivity (Wildman–Crippen MR) is 144 cm³/mol. The summed E-state index contributed by atoms with van der Waals surface area (Å²) >= 11 is 8.09. The minimum atomic E-state index is -0.746. The Kier molecular flexibility index (Phi) is 6.20. The van der Waals surface area contributed by atoms with Gasteiger partial charge in [-0.2, -0.15) is 0 Å². The van der Waals surface area contributed by atoms with Crippen LogP contribution in [0.5, 0.6) is 0 Å². The summed E-state index contributed by atoms with van der Waals surface area (Å²) in [5, 5.41) is 0. The van der Waals surface area contributed by atoms with Crippen molar-refractivity contribution in [3.63, 3.8) is 0 Å². The molecule has 0 aromatic carbocycles. The number of carbonyl (C=O) groups excluding carboxylic acids is 2. The van der Waals surface area contributed by atoms with Crippen LogP contribution >= 0.6 is 31.9 Å².